The predicted molar refractivity (Wildman–Crippen MR) is 50.2 cm³/mol. The minimum absolute atomic E-state index is 0.305. The van der Waals surface area contributed by atoms with E-state index < -0.39 is 5.79 Å². The van der Waals surface area contributed by atoms with Gasteiger partial charge >= 0.3 is 0 Å². The van der Waals surface area contributed by atoms with Gasteiger partial charge in [0, 0.05) is 18.0 Å². The number of hydrogen-bond acceptors (Lipinski definition) is 3. The van der Waals surface area contributed by atoms with E-state index in [2.05, 4.69) is 0 Å². The third-order valence-corrected chi connectivity index (χ3v) is 2.16. The van der Waals surface area contributed by atoms with Crippen molar-refractivity contribution in [2.75, 3.05) is 6.54 Å². The molecule has 0 saturated heterocycles. The maximum Gasteiger partial charge on any atom is 0.260 e. The van der Waals surface area contributed by atoms with Crippen LogP contribution < -0.4 is 15.2 Å². The van der Waals surface area contributed by atoms with Crippen LogP contribution in [0.1, 0.15) is 6.92 Å². The summed E-state index contributed by atoms with van der Waals surface area (Å²) in [5.74, 6) is 0.602. The van der Waals surface area contributed by atoms with E-state index in [0.717, 1.165) is 0 Å². The molecular weight excluding hydrogens is 190 g/mol. The Morgan fingerprint density at radius 2 is 2.08 bits per heavy atom. The molecule has 1 aliphatic heterocycles. The zero-order valence-electron chi connectivity index (χ0n) is 7.21. The topological polar surface area (TPSA) is 44.5 Å². The molecule has 0 aromatic heterocycles. The summed E-state index contributed by atoms with van der Waals surface area (Å²) < 4.78 is 11.0. The molecule has 4 heteroatoms. The molecule has 70 valence electrons. The lowest BCUT2D eigenvalue weighted by molar-refractivity contribution is -0.0521. The Morgan fingerprint density at radius 3 is 2.77 bits per heavy atom. The number of nitrogens with two attached hydrogens (primary N) is 1. The molecule has 0 bridgehead atoms. The lowest BCUT2D eigenvalue weighted by Gasteiger charge is -2.20. The molecule has 1 unspecified atom stereocenters. The van der Waals surface area contributed by atoms with Gasteiger partial charge in [-0.25, -0.2) is 0 Å². The normalized spacial score (nSPS) is 24.8. The van der Waals surface area contributed by atoms with Crippen molar-refractivity contribution in [3.63, 3.8) is 0 Å². The van der Waals surface area contributed by atoms with Crippen molar-refractivity contribution in [1.82, 2.24) is 0 Å². The van der Waals surface area contributed by atoms with Gasteiger partial charge in [-0.1, -0.05) is 11.6 Å². The van der Waals surface area contributed by atoms with E-state index in [-0.39, 0.29) is 0 Å². The molecule has 13 heavy (non-hydrogen) atoms. The highest BCUT2D eigenvalue weighted by molar-refractivity contribution is 6.30. The summed E-state index contributed by atoms with van der Waals surface area (Å²) in [4.78, 5) is 0. The molecule has 2 N–H and O–H groups in total. The summed E-state index contributed by atoms with van der Waals surface area (Å²) in [5, 5.41) is 0.628. The first-order valence-corrected chi connectivity index (χ1v) is 4.38. The Balaban J connectivity index is 2.35. The fraction of sp³-hybridized carbons (Fsp3) is 0.333. The van der Waals surface area contributed by atoms with Gasteiger partial charge in [0.25, 0.3) is 5.79 Å². The van der Waals surface area contributed by atoms with Crippen LogP contribution in [-0.2, 0) is 0 Å². The minimum Gasteiger partial charge on any atom is -0.447 e. The lowest BCUT2D eigenvalue weighted by atomic mass is 10.3. The van der Waals surface area contributed by atoms with Crippen LogP contribution in [-0.4, -0.2) is 12.3 Å². The molecule has 1 aliphatic rings. The van der Waals surface area contributed by atoms with Crippen LogP contribution in [0.3, 0.4) is 0 Å². The molecule has 3 nitrogen and oxygen atoms in total. The zero-order chi connectivity index (χ0) is 9.47. The fourth-order valence-electron chi connectivity index (χ4n) is 1.22. The van der Waals surface area contributed by atoms with Gasteiger partial charge in [-0.2, -0.15) is 0 Å². The van der Waals surface area contributed by atoms with E-state index in [0.29, 0.717) is 23.1 Å². The van der Waals surface area contributed by atoms with Gasteiger partial charge in [0.15, 0.2) is 11.5 Å². The Kier molecular flexibility index (Phi) is 1.86. The second kappa shape index (κ2) is 2.79. The Morgan fingerprint density at radius 1 is 1.38 bits per heavy atom. The maximum atomic E-state index is 5.79. The highest BCUT2D eigenvalue weighted by Gasteiger charge is 2.35. The van der Waals surface area contributed by atoms with Crippen molar-refractivity contribution in [1.29, 1.82) is 0 Å². The van der Waals surface area contributed by atoms with Gasteiger partial charge in [0.2, 0.25) is 0 Å². The molecule has 1 aromatic rings. The first-order valence-electron chi connectivity index (χ1n) is 4.01. The van der Waals surface area contributed by atoms with E-state index in [1.807, 2.05) is 0 Å². The van der Waals surface area contributed by atoms with Gasteiger partial charge in [-0.3, -0.25) is 0 Å². The van der Waals surface area contributed by atoms with Crippen LogP contribution in [0.15, 0.2) is 18.2 Å². The zero-order valence-corrected chi connectivity index (χ0v) is 7.97. The highest BCUT2D eigenvalue weighted by atomic mass is 35.5. The Labute approximate surface area is 81.4 Å². The van der Waals surface area contributed by atoms with Crippen LogP contribution in [0.25, 0.3) is 0 Å². The van der Waals surface area contributed by atoms with Crippen LogP contribution >= 0.6 is 11.6 Å². The van der Waals surface area contributed by atoms with Crippen molar-refractivity contribution in [2.45, 2.75) is 12.7 Å². The van der Waals surface area contributed by atoms with Gasteiger partial charge in [-0.05, 0) is 12.1 Å². The lowest BCUT2D eigenvalue weighted by Crippen LogP contribution is -2.42. The van der Waals surface area contributed by atoms with Crippen LogP contribution in [0, 0.1) is 0 Å². The molecule has 2 rings (SSSR count). The molecule has 0 spiro atoms. The van der Waals surface area contributed by atoms with Gasteiger partial charge in [0.05, 0.1) is 6.54 Å². The first kappa shape index (κ1) is 8.66. The van der Waals surface area contributed by atoms with Gasteiger partial charge < -0.3 is 15.2 Å². The highest BCUT2D eigenvalue weighted by Crippen LogP contribution is 2.40. The Hall–Kier alpha value is -0.930. The summed E-state index contributed by atoms with van der Waals surface area (Å²) >= 11 is 5.79. The second-order valence-electron chi connectivity index (χ2n) is 3.13. The second-order valence-corrected chi connectivity index (χ2v) is 3.57. The molecule has 0 aliphatic carbocycles. The quantitative estimate of drug-likeness (QED) is 0.750. The number of halogens is 1. The third kappa shape index (κ3) is 1.45. The molecule has 1 aromatic carbocycles. The van der Waals surface area contributed by atoms with Crippen LogP contribution in [0.5, 0.6) is 11.5 Å². The molecule has 0 amide bonds. The largest absolute Gasteiger partial charge is 0.447 e. The van der Waals surface area contributed by atoms with Crippen molar-refractivity contribution in [3.8, 4) is 11.5 Å². The maximum absolute atomic E-state index is 5.79. The number of hydrogen-bond donors (Lipinski definition) is 1. The molecule has 0 saturated carbocycles. The van der Waals surface area contributed by atoms with E-state index >= 15 is 0 Å². The SMILES string of the molecule is CC1(CN)Oc2ccc(Cl)cc2O1. The van der Waals surface area contributed by atoms with E-state index in [1.54, 1.807) is 25.1 Å². The summed E-state index contributed by atoms with van der Waals surface area (Å²) in [7, 11) is 0. The van der Waals surface area contributed by atoms with Crippen LogP contribution in [0.2, 0.25) is 5.02 Å². The summed E-state index contributed by atoms with van der Waals surface area (Å²) in [6, 6.07) is 5.25. The standard InChI is InChI=1S/C9H10ClNO2/c1-9(5-11)12-7-3-2-6(10)4-8(7)13-9/h2-4H,5,11H2,1H3. The number of rotatable bonds is 1. The van der Waals surface area contributed by atoms with Crippen molar-refractivity contribution < 1.29 is 9.47 Å². The molecular formula is C9H10ClNO2. The monoisotopic (exact) mass is 199 g/mol. The van der Waals surface area contributed by atoms with E-state index in [9.17, 15) is 0 Å². The van der Waals surface area contributed by atoms with Gasteiger partial charge in [0.1, 0.15) is 0 Å². The summed E-state index contributed by atoms with van der Waals surface area (Å²) in [5.41, 5.74) is 5.50. The predicted octanol–water partition coefficient (Wildman–Crippen LogP) is 1.79. The molecule has 1 heterocycles. The molecule has 1 atom stereocenters. The third-order valence-electron chi connectivity index (χ3n) is 1.93. The van der Waals surface area contributed by atoms with Crippen molar-refractivity contribution >= 4 is 11.6 Å². The number of ether oxygens (including phenoxy) is 2. The average molecular weight is 200 g/mol. The fourth-order valence-corrected chi connectivity index (χ4v) is 1.38. The smallest absolute Gasteiger partial charge is 0.260 e. The van der Waals surface area contributed by atoms with Crippen molar-refractivity contribution in [2.24, 2.45) is 5.73 Å². The molecule has 0 radical (unpaired) electrons. The Bertz CT molecular complexity index is 342. The summed E-state index contributed by atoms with van der Waals surface area (Å²) in [6.07, 6.45) is 0. The van der Waals surface area contributed by atoms with Crippen molar-refractivity contribution in [3.05, 3.63) is 23.2 Å². The number of fused-ring (bicyclic) bond motifs is 1. The average Bonchev–Trinajstić information content (AvgIpc) is 2.42. The molecule has 0 fully saturated rings. The van der Waals surface area contributed by atoms with E-state index in [4.69, 9.17) is 26.8 Å². The minimum atomic E-state index is -0.743. The number of benzene rings is 1. The van der Waals surface area contributed by atoms with Crippen LogP contribution in [0.4, 0.5) is 0 Å². The van der Waals surface area contributed by atoms with Gasteiger partial charge in [-0.15, -0.1) is 0 Å². The summed E-state index contributed by atoms with van der Waals surface area (Å²) in [6.45, 7) is 2.10. The van der Waals surface area contributed by atoms with E-state index in [1.165, 1.54) is 0 Å². The first-order chi connectivity index (χ1) is 6.13.